The fourth-order valence-electron chi connectivity index (χ4n) is 2.52. The molecule has 0 spiro atoms. The van der Waals surface area contributed by atoms with Gasteiger partial charge in [0.25, 0.3) is 0 Å². The van der Waals surface area contributed by atoms with Crippen molar-refractivity contribution in [2.45, 2.75) is 13.3 Å². The normalized spacial score (nSPS) is 10.9. The number of hydrogen-bond acceptors (Lipinski definition) is 4. The minimum Gasteiger partial charge on any atom is -0.481 e. The Morgan fingerprint density at radius 2 is 2.17 bits per heavy atom. The number of halogens is 1. The summed E-state index contributed by atoms with van der Waals surface area (Å²) >= 11 is 6.09. The van der Waals surface area contributed by atoms with Gasteiger partial charge in [0, 0.05) is 40.0 Å². The smallest absolute Gasteiger partial charge is 0.340 e. The maximum atomic E-state index is 12.3. The second kappa shape index (κ2) is 5.85. The molecule has 0 aliphatic heterocycles. The number of carbonyl (C=O) groups is 1. The second-order valence-corrected chi connectivity index (χ2v) is 5.56. The average molecular weight is 330 g/mol. The molecule has 0 amide bonds. The molecular weight excluding hydrogens is 318 g/mol. The van der Waals surface area contributed by atoms with Crippen LogP contribution in [-0.4, -0.2) is 16.1 Å². The summed E-state index contributed by atoms with van der Waals surface area (Å²) < 4.78 is 5.27. The van der Waals surface area contributed by atoms with Crippen molar-refractivity contribution >= 4 is 28.5 Å². The molecule has 23 heavy (non-hydrogen) atoms. The summed E-state index contributed by atoms with van der Waals surface area (Å²) in [7, 11) is 0. The molecule has 0 fully saturated rings. The van der Waals surface area contributed by atoms with Crippen LogP contribution in [0, 0.1) is 6.92 Å². The Labute approximate surface area is 136 Å². The van der Waals surface area contributed by atoms with Gasteiger partial charge in [0.05, 0.1) is 12.0 Å². The molecule has 6 heteroatoms. The maximum absolute atomic E-state index is 12.3. The van der Waals surface area contributed by atoms with Crippen LogP contribution in [0.25, 0.3) is 22.1 Å². The standard InChI is InChI=1S/C17H12ClNO4/c1-9-5-11-14(7-13(9)18)23-17(22)12(6-15(20)21)16(11)10-3-2-4-19-8-10/h2-5,7-8H,6H2,1H3,(H,20,21). The molecule has 0 aliphatic rings. The zero-order chi connectivity index (χ0) is 16.6. The first-order valence-corrected chi connectivity index (χ1v) is 7.23. The first-order chi connectivity index (χ1) is 11.0. The molecule has 1 aromatic carbocycles. The molecule has 0 saturated carbocycles. The van der Waals surface area contributed by atoms with Crippen LogP contribution < -0.4 is 5.63 Å². The van der Waals surface area contributed by atoms with E-state index in [2.05, 4.69) is 4.98 Å². The van der Waals surface area contributed by atoms with Crippen molar-refractivity contribution in [2.75, 3.05) is 0 Å². The van der Waals surface area contributed by atoms with Gasteiger partial charge in [-0.25, -0.2) is 4.79 Å². The van der Waals surface area contributed by atoms with Gasteiger partial charge in [0.1, 0.15) is 5.58 Å². The van der Waals surface area contributed by atoms with Crippen LogP contribution in [0.5, 0.6) is 0 Å². The van der Waals surface area contributed by atoms with Gasteiger partial charge in [0.15, 0.2) is 0 Å². The largest absolute Gasteiger partial charge is 0.481 e. The van der Waals surface area contributed by atoms with Gasteiger partial charge in [-0.15, -0.1) is 0 Å². The van der Waals surface area contributed by atoms with Crippen LogP contribution in [0.15, 0.2) is 45.9 Å². The first-order valence-electron chi connectivity index (χ1n) is 6.85. The summed E-state index contributed by atoms with van der Waals surface area (Å²) in [5.41, 5.74) is 1.71. The van der Waals surface area contributed by atoms with Gasteiger partial charge in [-0.3, -0.25) is 9.78 Å². The molecule has 0 saturated heterocycles. The Bertz CT molecular complexity index is 964. The number of aryl methyl sites for hydroxylation is 1. The molecule has 3 aromatic rings. The molecule has 1 N–H and O–H groups in total. The summed E-state index contributed by atoms with van der Waals surface area (Å²) in [5.74, 6) is -1.10. The number of nitrogens with zero attached hydrogens (tertiary/aromatic N) is 1. The fourth-order valence-corrected chi connectivity index (χ4v) is 2.67. The number of carboxylic acid groups (broad SMARTS) is 1. The SMILES string of the molecule is Cc1cc2c(-c3cccnc3)c(CC(=O)O)c(=O)oc2cc1Cl. The van der Waals surface area contributed by atoms with Crippen molar-refractivity contribution in [1.82, 2.24) is 4.98 Å². The van der Waals surface area contributed by atoms with E-state index in [-0.39, 0.29) is 5.56 Å². The summed E-state index contributed by atoms with van der Waals surface area (Å²) in [5, 5.41) is 10.2. The third-order valence-corrected chi connectivity index (χ3v) is 3.97. The lowest BCUT2D eigenvalue weighted by atomic mass is 9.96. The van der Waals surface area contributed by atoms with E-state index in [1.165, 1.54) is 0 Å². The highest BCUT2D eigenvalue weighted by Gasteiger charge is 2.19. The zero-order valence-electron chi connectivity index (χ0n) is 12.2. The van der Waals surface area contributed by atoms with Crippen LogP contribution in [-0.2, 0) is 11.2 Å². The summed E-state index contributed by atoms with van der Waals surface area (Å²) in [6, 6.07) is 6.85. The minimum absolute atomic E-state index is 0.0970. The molecule has 0 aliphatic carbocycles. The first kappa shape index (κ1) is 15.2. The number of hydrogen-bond donors (Lipinski definition) is 1. The lowest BCUT2D eigenvalue weighted by molar-refractivity contribution is -0.136. The molecule has 0 radical (unpaired) electrons. The van der Waals surface area contributed by atoms with E-state index in [0.717, 1.165) is 5.56 Å². The van der Waals surface area contributed by atoms with E-state index in [1.807, 2.05) is 6.92 Å². The number of aliphatic carboxylic acids is 1. The molecular formula is C17H12ClNO4. The fraction of sp³-hybridized carbons (Fsp3) is 0.118. The van der Waals surface area contributed by atoms with Crippen molar-refractivity contribution in [3.05, 3.63) is 63.2 Å². The maximum Gasteiger partial charge on any atom is 0.340 e. The van der Waals surface area contributed by atoms with Crippen molar-refractivity contribution in [3.63, 3.8) is 0 Å². The lowest BCUT2D eigenvalue weighted by Gasteiger charge is -2.11. The minimum atomic E-state index is -1.10. The van der Waals surface area contributed by atoms with Crippen molar-refractivity contribution in [2.24, 2.45) is 0 Å². The predicted molar refractivity (Wildman–Crippen MR) is 86.8 cm³/mol. The number of pyridine rings is 1. The van der Waals surface area contributed by atoms with Gasteiger partial charge in [-0.2, -0.15) is 0 Å². The molecule has 5 nitrogen and oxygen atoms in total. The molecule has 0 bridgehead atoms. The third-order valence-electron chi connectivity index (χ3n) is 3.56. The lowest BCUT2D eigenvalue weighted by Crippen LogP contribution is -2.14. The quantitative estimate of drug-likeness (QED) is 0.744. The summed E-state index contributed by atoms with van der Waals surface area (Å²) in [4.78, 5) is 27.5. The van der Waals surface area contributed by atoms with E-state index < -0.39 is 18.0 Å². The molecule has 116 valence electrons. The molecule has 2 aromatic heterocycles. The highest BCUT2D eigenvalue weighted by Crippen LogP contribution is 2.33. The van der Waals surface area contributed by atoms with E-state index in [1.54, 1.807) is 36.7 Å². The molecule has 0 unspecified atom stereocenters. The van der Waals surface area contributed by atoms with Gasteiger partial charge in [-0.05, 0) is 24.6 Å². The highest BCUT2D eigenvalue weighted by atomic mass is 35.5. The average Bonchev–Trinajstić information content (AvgIpc) is 2.51. The molecule has 0 atom stereocenters. The van der Waals surface area contributed by atoms with Crippen LogP contribution >= 0.6 is 11.6 Å². The van der Waals surface area contributed by atoms with Crippen molar-refractivity contribution in [1.29, 1.82) is 0 Å². The van der Waals surface area contributed by atoms with E-state index >= 15 is 0 Å². The number of fused-ring (bicyclic) bond motifs is 1. The van der Waals surface area contributed by atoms with Crippen LogP contribution in [0.3, 0.4) is 0 Å². The summed E-state index contributed by atoms with van der Waals surface area (Å²) in [6.45, 7) is 1.83. The Kier molecular flexibility index (Phi) is 3.88. The van der Waals surface area contributed by atoms with Crippen molar-refractivity contribution < 1.29 is 14.3 Å². The highest BCUT2D eigenvalue weighted by molar-refractivity contribution is 6.32. The van der Waals surface area contributed by atoms with E-state index in [0.29, 0.717) is 27.1 Å². The number of aromatic nitrogens is 1. The zero-order valence-corrected chi connectivity index (χ0v) is 12.9. The summed E-state index contributed by atoms with van der Waals surface area (Å²) in [6.07, 6.45) is 2.77. The molecule has 3 rings (SSSR count). The van der Waals surface area contributed by atoms with Gasteiger partial charge in [0.2, 0.25) is 0 Å². The van der Waals surface area contributed by atoms with Crippen molar-refractivity contribution in [3.8, 4) is 11.1 Å². The van der Waals surface area contributed by atoms with Crippen LogP contribution in [0.1, 0.15) is 11.1 Å². The Hall–Kier alpha value is -2.66. The Morgan fingerprint density at radius 1 is 1.39 bits per heavy atom. The topological polar surface area (TPSA) is 80.4 Å². The van der Waals surface area contributed by atoms with Gasteiger partial charge >= 0.3 is 11.6 Å². The van der Waals surface area contributed by atoms with Crippen LogP contribution in [0.4, 0.5) is 0 Å². The second-order valence-electron chi connectivity index (χ2n) is 5.15. The van der Waals surface area contributed by atoms with Gasteiger partial charge in [-0.1, -0.05) is 17.7 Å². The number of benzene rings is 1. The van der Waals surface area contributed by atoms with Gasteiger partial charge < -0.3 is 9.52 Å². The van der Waals surface area contributed by atoms with E-state index in [9.17, 15) is 9.59 Å². The molecule has 2 heterocycles. The Balaban J connectivity index is 2.46. The third kappa shape index (κ3) is 2.83. The Morgan fingerprint density at radius 3 is 2.83 bits per heavy atom. The predicted octanol–water partition coefficient (Wildman–Crippen LogP) is 3.44. The number of carboxylic acids is 1. The van der Waals surface area contributed by atoms with Crippen LogP contribution in [0.2, 0.25) is 5.02 Å². The van der Waals surface area contributed by atoms with E-state index in [4.69, 9.17) is 21.1 Å². The monoisotopic (exact) mass is 329 g/mol. The number of rotatable bonds is 3.